The minimum Gasteiger partial charge on any atom is -0.333 e. The summed E-state index contributed by atoms with van der Waals surface area (Å²) in [5.41, 5.74) is 2.62. The first-order valence-electron chi connectivity index (χ1n) is 9.97. The highest BCUT2D eigenvalue weighted by Crippen LogP contribution is 2.25. The molecule has 0 aliphatic heterocycles. The SMILES string of the molecule is CCCN(CC(=O)Nc1ccccc1C)C(=O)CSc1nc(C)nc2ccccc12. The van der Waals surface area contributed by atoms with Crippen molar-refractivity contribution in [3.8, 4) is 0 Å². The van der Waals surface area contributed by atoms with E-state index in [1.807, 2.05) is 69.3 Å². The van der Waals surface area contributed by atoms with Crippen molar-refractivity contribution in [1.29, 1.82) is 0 Å². The van der Waals surface area contributed by atoms with Crippen LogP contribution in [-0.4, -0.2) is 45.5 Å². The third-order valence-corrected chi connectivity index (χ3v) is 5.59. The number of hydrogen-bond acceptors (Lipinski definition) is 5. The largest absolute Gasteiger partial charge is 0.333 e. The first-order valence-corrected chi connectivity index (χ1v) is 11.0. The van der Waals surface area contributed by atoms with Gasteiger partial charge in [0.1, 0.15) is 10.9 Å². The second kappa shape index (κ2) is 10.2. The number of amides is 2. The van der Waals surface area contributed by atoms with Crippen LogP contribution in [0.1, 0.15) is 24.7 Å². The molecule has 3 rings (SSSR count). The molecule has 3 aromatic rings. The third-order valence-electron chi connectivity index (χ3n) is 4.61. The van der Waals surface area contributed by atoms with Gasteiger partial charge in [-0.1, -0.05) is 55.1 Å². The molecular formula is C23H26N4O2S. The number of anilines is 1. The fraction of sp³-hybridized carbons (Fsp3) is 0.304. The number of aryl methyl sites for hydroxylation is 2. The zero-order valence-corrected chi connectivity index (χ0v) is 18.3. The number of thioether (sulfide) groups is 1. The van der Waals surface area contributed by atoms with E-state index >= 15 is 0 Å². The van der Waals surface area contributed by atoms with Crippen LogP contribution in [0.15, 0.2) is 53.6 Å². The first kappa shape index (κ1) is 21.8. The maximum atomic E-state index is 12.9. The van der Waals surface area contributed by atoms with Crippen LogP contribution in [0.4, 0.5) is 5.69 Å². The van der Waals surface area contributed by atoms with E-state index in [1.54, 1.807) is 4.90 Å². The summed E-state index contributed by atoms with van der Waals surface area (Å²) in [6.45, 7) is 6.34. The Labute approximate surface area is 181 Å². The smallest absolute Gasteiger partial charge is 0.244 e. The summed E-state index contributed by atoms with van der Waals surface area (Å²) in [5.74, 6) is 0.617. The van der Waals surface area contributed by atoms with Crippen molar-refractivity contribution in [1.82, 2.24) is 14.9 Å². The average molecular weight is 423 g/mol. The predicted octanol–water partition coefficient (Wildman–Crippen LogP) is 4.22. The summed E-state index contributed by atoms with van der Waals surface area (Å²) in [6.07, 6.45) is 0.781. The van der Waals surface area contributed by atoms with Crippen LogP contribution in [0.3, 0.4) is 0 Å². The zero-order chi connectivity index (χ0) is 21.5. The molecule has 7 heteroatoms. The number of benzene rings is 2. The Morgan fingerprint density at radius 1 is 1.03 bits per heavy atom. The van der Waals surface area contributed by atoms with Crippen LogP contribution >= 0.6 is 11.8 Å². The first-order chi connectivity index (χ1) is 14.5. The lowest BCUT2D eigenvalue weighted by Gasteiger charge is -2.22. The number of carbonyl (C=O) groups is 2. The van der Waals surface area contributed by atoms with Gasteiger partial charge in [-0.15, -0.1) is 0 Å². The van der Waals surface area contributed by atoms with Gasteiger partial charge in [-0.3, -0.25) is 9.59 Å². The van der Waals surface area contributed by atoms with Crippen LogP contribution in [0, 0.1) is 13.8 Å². The van der Waals surface area contributed by atoms with Gasteiger partial charge < -0.3 is 10.2 Å². The topological polar surface area (TPSA) is 75.2 Å². The molecular weight excluding hydrogens is 396 g/mol. The Morgan fingerprint density at radius 3 is 2.53 bits per heavy atom. The van der Waals surface area contributed by atoms with E-state index in [-0.39, 0.29) is 24.1 Å². The molecule has 30 heavy (non-hydrogen) atoms. The van der Waals surface area contributed by atoms with Crippen molar-refractivity contribution in [2.45, 2.75) is 32.2 Å². The van der Waals surface area contributed by atoms with Crippen LogP contribution in [0.25, 0.3) is 10.9 Å². The number of nitrogens with zero attached hydrogens (tertiary/aromatic N) is 3. The Bertz CT molecular complexity index is 1050. The lowest BCUT2D eigenvalue weighted by molar-refractivity contribution is -0.132. The highest BCUT2D eigenvalue weighted by atomic mass is 32.2. The van der Waals surface area contributed by atoms with E-state index in [1.165, 1.54) is 11.8 Å². The van der Waals surface area contributed by atoms with Crippen LogP contribution < -0.4 is 5.32 Å². The van der Waals surface area contributed by atoms with Crippen LogP contribution in [0.5, 0.6) is 0 Å². The van der Waals surface area contributed by atoms with Gasteiger partial charge >= 0.3 is 0 Å². The lowest BCUT2D eigenvalue weighted by Crippen LogP contribution is -2.39. The summed E-state index contributed by atoms with van der Waals surface area (Å²) >= 11 is 1.39. The van der Waals surface area contributed by atoms with Gasteiger partial charge in [-0.2, -0.15) is 0 Å². The lowest BCUT2D eigenvalue weighted by atomic mass is 10.2. The van der Waals surface area contributed by atoms with Crippen molar-refractivity contribution in [2.24, 2.45) is 0 Å². The quantitative estimate of drug-likeness (QED) is 0.435. The monoisotopic (exact) mass is 422 g/mol. The summed E-state index contributed by atoms with van der Waals surface area (Å²) in [7, 11) is 0. The van der Waals surface area contributed by atoms with Gasteiger partial charge in [0, 0.05) is 17.6 Å². The number of aromatic nitrogens is 2. The predicted molar refractivity (Wildman–Crippen MR) is 122 cm³/mol. The summed E-state index contributed by atoms with van der Waals surface area (Å²) < 4.78 is 0. The zero-order valence-electron chi connectivity index (χ0n) is 17.5. The van der Waals surface area contributed by atoms with Gasteiger partial charge in [0.15, 0.2) is 0 Å². The number of para-hydroxylation sites is 2. The molecule has 0 spiro atoms. The Hall–Kier alpha value is -2.93. The molecule has 0 bridgehead atoms. The second-order valence-electron chi connectivity index (χ2n) is 7.06. The number of rotatable bonds is 8. The van der Waals surface area contributed by atoms with Crippen molar-refractivity contribution in [3.63, 3.8) is 0 Å². The second-order valence-corrected chi connectivity index (χ2v) is 8.02. The summed E-state index contributed by atoms with van der Waals surface area (Å²) in [4.78, 5) is 35.9. The van der Waals surface area contributed by atoms with E-state index in [0.717, 1.165) is 33.6 Å². The molecule has 0 unspecified atom stereocenters. The van der Waals surface area contributed by atoms with Crippen molar-refractivity contribution in [2.75, 3.05) is 24.2 Å². The maximum Gasteiger partial charge on any atom is 0.244 e. The van der Waals surface area contributed by atoms with Crippen LogP contribution in [-0.2, 0) is 9.59 Å². The average Bonchev–Trinajstić information content (AvgIpc) is 2.73. The van der Waals surface area contributed by atoms with E-state index in [4.69, 9.17) is 0 Å². The third kappa shape index (κ3) is 5.57. The highest BCUT2D eigenvalue weighted by molar-refractivity contribution is 8.00. The van der Waals surface area contributed by atoms with E-state index in [2.05, 4.69) is 15.3 Å². The molecule has 1 N–H and O–H groups in total. The Morgan fingerprint density at radius 2 is 1.77 bits per heavy atom. The normalized spacial score (nSPS) is 10.8. The molecule has 1 heterocycles. The molecule has 0 fully saturated rings. The molecule has 0 saturated carbocycles. The Balaban J connectivity index is 1.66. The molecule has 2 aromatic carbocycles. The molecule has 6 nitrogen and oxygen atoms in total. The van der Waals surface area contributed by atoms with Crippen LogP contribution in [0.2, 0.25) is 0 Å². The standard InChI is InChI=1S/C23H26N4O2S/c1-4-13-27(14-21(28)26-19-11-7-5-9-16(19)2)22(29)15-30-23-18-10-6-8-12-20(18)24-17(3)25-23/h5-12H,4,13-15H2,1-3H3,(H,26,28). The fourth-order valence-corrected chi connectivity index (χ4v) is 4.10. The molecule has 156 valence electrons. The van der Waals surface area contributed by atoms with E-state index in [0.29, 0.717) is 12.4 Å². The minimum absolute atomic E-state index is 0.0329. The maximum absolute atomic E-state index is 12.9. The number of nitrogens with one attached hydrogen (secondary N) is 1. The van der Waals surface area contributed by atoms with Gasteiger partial charge in [-0.25, -0.2) is 9.97 Å². The Kier molecular flexibility index (Phi) is 7.41. The van der Waals surface area contributed by atoms with Crippen molar-refractivity contribution in [3.05, 3.63) is 59.9 Å². The molecule has 2 amide bonds. The molecule has 0 aliphatic carbocycles. The van der Waals surface area contributed by atoms with Gasteiger partial charge in [0.25, 0.3) is 0 Å². The molecule has 0 atom stereocenters. The van der Waals surface area contributed by atoms with Gasteiger partial charge in [-0.05, 0) is 38.0 Å². The number of hydrogen-bond donors (Lipinski definition) is 1. The minimum atomic E-state index is -0.195. The summed E-state index contributed by atoms with van der Waals surface area (Å²) in [6, 6.07) is 15.4. The molecule has 0 aliphatic rings. The van der Waals surface area contributed by atoms with Gasteiger partial charge in [0.05, 0.1) is 17.8 Å². The van der Waals surface area contributed by atoms with Crippen molar-refractivity contribution >= 4 is 40.2 Å². The molecule has 1 aromatic heterocycles. The fourth-order valence-electron chi connectivity index (χ4n) is 3.13. The van der Waals surface area contributed by atoms with Gasteiger partial charge in [0.2, 0.25) is 11.8 Å². The van der Waals surface area contributed by atoms with E-state index < -0.39 is 0 Å². The molecule has 0 radical (unpaired) electrons. The van der Waals surface area contributed by atoms with Crippen molar-refractivity contribution < 1.29 is 9.59 Å². The number of fused-ring (bicyclic) bond motifs is 1. The summed E-state index contributed by atoms with van der Waals surface area (Å²) in [5, 5.41) is 4.61. The molecule has 0 saturated heterocycles. The highest BCUT2D eigenvalue weighted by Gasteiger charge is 2.18. The number of carbonyl (C=O) groups excluding carboxylic acids is 2. The van der Waals surface area contributed by atoms with E-state index in [9.17, 15) is 9.59 Å².